The summed E-state index contributed by atoms with van der Waals surface area (Å²) < 4.78 is 32.0. The lowest BCUT2D eigenvalue weighted by Gasteiger charge is -2.12. The SMILES string of the molecule is O=C(CN1C(=O)S/C(=C\c2coc3ccccc3c2=O)C1=O)Nc1ccc(F)cc1F. The van der Waals surface area contributed by atoms with Crippen LogP contribution in [0.5, 0.6) is 0 Å². The second kappa shape index (κ2) is 8.15. The van der Waals surface area contributed by atoms with E-state index in [4.69, 9.17) is 4.42 Å². The molecule has 0 bridgehead atoms. The van der Waals surface area contributed by atoms with E-state index < -0.39 is 35.2 Å². The van der Waals surface area contributed by atoms with Crippen molar-refractivity contribution in [2.24, 2.45) is 0 Å². The average molecular weight is 442 g/mol. The molecule has 0 atom stereocenters. The Bertz CT molecular complexity index is 1330. The van der Waals surface area contributed by atoms with Gasteiger partial charge in [-0.15, -0.1) is 0 Å². The molecule has 10 heteroatoms. The Morgan fingerprint density at radius 2 is 1.90 bits per heavy atom. The number of hydrogen-bond acceptors (Lipinski definition) is 6. The number of nitrogens with zero attached hydrogens (tertiary/aromatic N) is 1. The molecule has 0 unspecified atom stereocenters. The molecule has 4 rings (SSSR count). The average Bonchev–Trinajstić information content (AvgIpc) is 3.00. The van der Waals surface area contributed by atoms with Gasteiger partial charge in [0.2, 0.25) is 5.91 Å². The Hall–Kier alpha value is -3.79. The van der Waals surface area contributed by atoms with Crippen LogP contribution in [0.2, 0.25) is 0 Å². The fraction of sp³-hybridized carbons (Fsp3) is 0.0476. The summed E-state index contributed by atoms with van der Waals surface area (Å²) in [4.78, 5) is 50.1. The van der Waals surface area contributed by atoms with Crippen molar-refractivity contribution in [3.8, 4) is 0 Å². The van der Waals surface area contributed by atoms with E-state index in [1.54, 1.807) is 24.3 Å². The Morgan fingerprint density at radius 1 is 1.13 bits per heavy atom. The van der Waals surface area contributed by atoms with E-state index in [2.05, 4.69) is 5.32 Å². The van der Waals surface area contributed by atoms with Gasteiger partial charge in [0.25, 0.3) is 11.1 Å². The van der Waals surface area contributed by atoms with Gasteiger partial charge >= 0.3 is 0 Å². The highest BCUT2D eigenvalue weighted by Gasteiger charge is 2.36. The minimum atomic E-state index is -0.995. The molecule has 1 saturated heterocycles. The van der Waals surface area contributed by atoms with Crippen molar-refractivity contribution in [1.82, 2.24) is 4.90 Å². The first-order valence-electron chi connectivity index (χ1n) is 8.84. The van der Waals surface area contributed by atoms with Gasteiger partial charge < -0.3 is 9.73 Å². The highest BCUT2D eigenvalue weighted by Crippen LogP contribution is 2.32. The summed E-state index contributed by atoms with van der Waals surface area (Å²) in [5, 5.41) is 1.77. The van der Waals surface area contributed by atoms with Crippen LogP contribution in [-0.2, 0) is 9.59 Å². The second-order valence-electron chi connectivity index (χ2n) is 6.46. The summed E-state index contributed by atoms with van der Waals surface area (Å²) in [6, 6.07) is 9.14. The number of halogens is 2. The number of para-hydroxylation sites is 1. The smallest absolute Gasteiger partial charge is 0.294 e. The first-order valence-corrected chi connectivity index (χ1v) is 9.66. The molecule has 3 amide bonds. The molecule has 0 saturated carbocycles. The number of thioether (sulfide) groups is 1. The Labute approximate surface area is 177 Å². The molecule has 1 aromatic heterocycles. The number of carbonyl (C=O) groups is 3. The lowest BCUT2D eigenvalue weighted by atomic mass is 10.1. The molecule has 1 fully saturated rings. The first-order chi connectivity index (χ1) is 14.8. The highest BCUT2D eigenvalue weighted by molar-refractivity contribution is 8.18. The molecule has 1 N–H and O–H groups in total. The number of benzene rings is 2. The molecule has 0 spiro atoms. The molecule has 156 valence electrons. The van der Waals surface area contributed by atoms with Crippen LogP contribution < -0.4 is 10.7 Å². The number of nitrogens with one attached hydrogen (secondary N) is 1. The maximum Gasteiger partial charge on any atom is 0.294 e. The van der Waals surface area contributed by atoms with E-state index in [0.29, 0.717) is 33.7 Å². The molecule has 31 heavy (non-hydrogen) atoms. The topological polar surface area (TPSA) is 96.7 Å². The van der Waals surface area contributed by atoms with Gasteiger partial charge in [-0.05, 0) is 42.1 Å². The maximum atomic E-state index is 13.7. The normalized spacial score (nSPS) is 15.2. The van der Waals surface area contributed by atoms with Crippen molar-refractivity contribution in [2.75, 3.05) is 11.9 Å². The number of fused-ring (bicyclic) bond motifs is 1. The van der Waals surface area contributed by atoms with E-state index in [9.17, 15) is 28.0 Å². The van der Waals surface area contributed by atoms with Crippen molar-refractivity contribution >= 4 is 51.5 Å². The van der Waals surface area contributed by atoms with Gasteiger partial charge in [-0.25, -0.2) is 8.78 Å². The van der Waals surface area contributed by atoms with Crippen molar-refractivity contribution < 1.29 is 27.6 Å². The largest absolute Gasteiger partial charge is 0.463 e. The summed E-state index contributed by atoms with van der Waals surface area (Å²) >= 11 is 0.558. The Morgan fingerprint density at radius 3 is 2.68 bits per heavy atom. The number of imide groups is 1. The van der Waals surface area contributed by atoms with E-state index in [0.717, 1.165) is 12.1 Å². The van der Waals surface area contributed by atoms with Crippen LogP contribution in [0.3, 0.4) is 0 Å². The van der Waals surface area contributed by atoms with Gasteiger partial charge in [0.05, 0.1) is 21.5 Å². The molecule has 0 radical (unpaired) electrons. The molecule has 1 aliphatic heterocycles. The minimum absolute atomic E-state index is 0.0617. The zero-order chi connectivity index (χ0) is 22.1. The zero-order valence-electron chi connectivity index (χ0n) is 15.6. The van der Waals surface area contributed by atoms with E-state index in [1.807, 2.05) is 0 Å². The number of anilines is 1. The van der Waals surface area contributed by atoms with E-state index >= 15 is 0 Å². The first kappa shape index (κ1) is 20.5. The van der Waals surface area contributed by atoms with Gasteiger partial charge in [-0.2, -0.15) is 0 Å². The van der Waals surface area contributed by atoms with Crippen molar-refractivity contribution in [2.45, 2.75) is 0 Å². The zero-order valence-corrected chi connectivity index (χ0v) is 16.4. The number of rotatable bonds is 4. The van der Waals surface area contributed by atoms with Gasteiger partial charge in [0, 0.05) is 6.07 Å². The van der Waals surface area contributed by atoms with Crippen LogP contribution >= 0.6 is 11.8 Å². The van der Waals surface area contributed by atoms with Gasteiger partial charge in [0.15, 0.2) is 5.43 Å². The number of carbonyl (C=O) groups excluding carboxylic acids is 3. The Balaban J connectivity index is 1.53. The third-order valence-electron chi connectivity index (χ3n) is 4.37. The molecular weight excluding hydrogens is 430 g/mol. The quantitative estimate of drug-likeness (QED) is 0.619. The Kier molecular flexibility index (Phi) is 5.38. The van der Waals surface area contributed by atoms with Crippen molar-refractivity contribution in [1.29, 1.82) is 0 Å². The molecule has 2 heterocycles. The van der Waals surface area contributed by atoms with Crippen LogP contribution in [0.4, 0.5) is 19.3 Å². The summed E-state index contributed by atoms with van der Waals surface area (Å²) in [5.41, 5.74) is -0.217. The maximum absolute atomic E-state index is 13.7. The summed E-state index contributed by atoms with van der Waals surface area (Å²) in [5.74, 6) is -3.44. The van der Waals surface area contributed by atoms with Crippen LogP contribution in [0.25, 0.3) is 17.0 Å². The van der Waals surface area contributed by atoms with E-state index in [1.165, 1.54) is 12.3 Å². The predicted octanol–water partition coefficient (Wildman–Crippen LogP) is 3.75. The van der Waals surface area contributed by atoms with Gasteiger partial charge in [0.1, 0.15) is 30.0 Å². The van der Waals surface area contributed by atoms with Crippen LogP contribution in [0.15, 0.2) is 62.8 Å². The monoisotopic (exact) mass is 442 g/mol. The number of hydrogen-bond donors (Lipinski definition) is 1. The lowest BCUT2D eigenvalue weighted by Crippen LogP contribution is -2.36. The lowest BCUT2D eigenvalue weighted by molar-refractivity contribution is -0.127. The summed E-state index contributed by atoms with van der Waals surface area (Å²) in [6.07, 6.45) is 2.41. The molecular formula is C21H12F2N2O5S. The van der Waals surface area contributed by atoms with Crippen LogP contribution in [0, 0.1) is 11.6 Å². The van der Waals surface area contributed by atoms with Crippen LogP contribution in [0.1, 0.15) is 5.56 Å². The van der Waals surface area contributed by atoms with Crippen molar-refractivity contribution in [3.05, 3.63) is 81.1 Å². The molecule has 3 aromatic rings. The predicted molar refractivity (Wildman–Crippen MR) is 110 cm³/mol. The standard InChI is InChI=1S/C21H12F2N2O5S/c22-12-5-6-15(14(23)8-12)24-18(26)9-25-20(28)17(31-21(25)29)7-11-10-30-16-4-2-1-3-13(16)19(11)27/h1-8,10H,9H2,(H,24,26)/b17-7-. The molecule has 2 aromatic carbocycles. The van der Waals surface area contributed by atoms with Gasteiger partial charge in [-0.1, -0.05) is 12.1 Å². The minimum Gasteiger partial charge on any atom is -0.463 e. The summed E-state index contributed by atoms with van der Waals surface area (Å²) in [7, 11) is 0. The fourth-order valence-electron chi connectivity index (χ4n) is 2.89. The fourth-order valence-corrected chi connectivity index (χ4v) is 3.72. The van der Waals surface area contributed by atoms with E-state index in [-0.39, 0.29) is 21.6 Å². The molecule has 1 aliphatic rings. The third kappa shape index (κ3) is 4.10. The molecule has 7 nitrogen and oxygen atoms in total. The third-order valence-corrected chi connectivity index (χ3v) is 5.28. The number of amides is 3. The highest BCUT2D eigenvalue weighted by atomic mass is 32.2. The van der Waals surface area contributed by atoms with Crippen molar-refractivity contribution in [3.63, 3.8) is 0 Å². The van der Waals surface area contributed by atoms with Gasteiger partial charge in [-0.3, -0.25) is 24.1 Å². The summed E-state index contributed by atoms with van der Waals surface area (Å²) in [6.45, 7) is -0.675. The van der Waals surface area contributed by atoms with Crippen LogP contribution in [-0.4, -0.2) is 28.5 Å². The molecule has 0 aliphatic carbocycles. The second-order valence-corrected chi connectivity index (χ2v) is 7.45.